The van der Waals surface area contributed by atoms with Gasteiger partial charge in [-0.3, -0.25) is 4.68 Å². The van der Waals surface area contributed by atoms with E-state index in [4.69, 9.17) is 11.0 Å². The SMILES string of the molecule is Cc1nn(C)c(NC(CN)C(C)C)c1C#N. The molecule has 0 spiro atoms. The molecule has 0 aromatic carbocycles. The van der Waals surface area contributed by atoms with Gasteiger partial charge in [-0.15, -0.1) is 0 Å². The van der Waals surface area contributed by atoms with Crippen molar-refractivity contribution in [2.45, 2.75) is 26.8 Å². The maximum Gasteiger partial charge on any atom is 0.142 e. The zero-order valence-electron chi connectivity index (χ0n) is 10.3. The first-order chi connectivity index (χ1) is 7.51. The zero-order valence-corrected chi connectivity index (χ0v) is 10.3. The number of aromatic nitrogens is 2. The van der Waals surface area contributed by atoms with E-state index in [0.717, 1.165) is 11.5 Å². The van der Waals surface area contributed by atoms with E-state index >= 15 is 0 Å². The molecule has 88 valence electrons. The molecule has 1 unspecified atom stereocenters. The molecular weight excluding hydrogens is 202 g/mol. The molecule has 3 N–H and O–H groups in total. The molecule has 0 radical (unpaired) electrons. The number of hydrogen-bond donors (Lipinski definition) is 2. The van der Waals surface area contributed by atoms with Gasteiger partial charge in [0.05, 0.1) is 5.69 Å². The third kappa shape index (κ3) is 2.34. The normalized spacial score (nSPS) is 12.6. The monoisotopic (exact) mass is 221 g/mol. The highest BCUT2D eigenvalue weighted by Crippen LogP contribution is 2.19. The number of nitrogens with two attached hydrogens (primary N) is 1. The van der Waals surface area contributed by atoms with E-state index in [0.29, 0.717) is 18.0 Å². The number of rotatable bonds is 4. The fourth-order valence-electron chi connectivity index (χ4n) is 1.63. The Hall–Kier alpha value is -1.54. The number of hydrogen-bond acceptors (Lipinski definition) is 4. The van der Waals surface area contributed by atoms with E-state index in [1.54, 1.807) is 4.68 Å². The summed E-state index contributed by atoms with van der Waals surface area (Å²) in [6, 6.07) is 2.32. The van der Waals surface area contributed by atoms with E-state index in [-0.39, 0.29) is 6.04 Å². The minimum atomic E-state index is 0.155. The Morgan fingerprint density at radius 2 is 2.19 bits per heavy atom. The van der Waals surface area contributed by atoms with Gasteiger partial charge >= 0.3 is 0 Å². The Kier molecular flexibility index (Phi) is 3.91. The van der Waals surface area contributed by atoms with E-state index in [2.05, 4.69) is 30.3 Å². The quantitative estimate of drug-likeness (QED) is 0.794. The van der Waals surface area contributed by atoms with Crippen LogP contribution < -0.4 is 11.1 Å². The van der Waals surface area contributed by atoms with Gasteiger partial charge in [0, 0.05) is 19.6 Å². The minimum Gasteiger partial charge on any atom is -0.365 e. The largest absolute Gasteiger partial charge is 0.365 e. The van der Waals surface area contributed by atoms with Crippen molar-refractivity contribution in [3.8, 4) is 6.07 Å². The van der Waals surface area contributed by atoms with Crippen LogP contribution in [0.25, 0.3) is 0 Å². The molecule has 5 nitrogen and oxygen atoms in total. The van der Waals surface area contributed by atoms with Crippen molar-refractivity contribution in [1.82, 2.24) is 9.78 Å². The smallest absolute Gasteiger partial charge is 0.142 e. The summed E-state index contributed by atoms with van der Waals surface area (Å²) in [6.45, 7) is 6.56. The second kappa shape index (κ2) is 4.99. The minimum absolute atomic E-state index is 0.155. The maximum atomic E-state index is 9.06. The van der Waals surface area contributed by atoms with Crippen LogP contribution in [0.2, 0.25) is 0 Å². The highest BCUT2D eigenvalue weighted by molar-refractivity contribution is 5.55. The Morgan fingerprint density at radius 1 is 1.56 bits per heavy atom. The summed E-state index contributed by atoms with van der Waals surface area (Å²) < 4.78 is 1.69. The lowest BCUT2D eigenvalue weighted by Gasteiger charge is -2.21. The molecule has 1 aromatic rings. The highest BCUT2D eigenvalue weighted by atomic mass is 15.3. The second-order valence-electron chi connectivity index (χ2n) is 4.27. The topological polar surface area (TPSA) is 79.7 Å². The number of nitrogens with one attached hydrogen (secondary N) is 1. The predicted molar refractivity (Wildman–Crippen MR) is 64.0 cm³/mol. The van der Waals surface area contributed by atoms with Crippen molar-refractivity contribution in [2.24, 2.45) is 18.7 Å². The standard InChI is InChI=1S/C11H19N5/c1-7(2)10(6-13)14-11-9(5-12)8(3)15-16(11)4/h7,10,14H,6,13H2,1-4H3. The average molecular weight is 221 g/mol. The number of nitrogens with zero attached hydrogens (tertiary/aromatic N) is 3. The van der Waals surface area contributed by atoms with Crippen molar-refractivity contribution < 1.29 is 0 Å². The lowest BCUT2D eigenvalue weighted by molar-refractivity contribution is 0.526. The molecule has 0 fully saturated rings. The van der Waals surface area contributed by atoms with Crippen LogP contribution in [0.15, 0.2) is 0 Å². The maximum absolute atomic E-state index is 9.06. The van der Waals surface area contributed by atoms with Crippen molar-refractivity contribution in [3.63, 3.8) is 0 Å². The van der Waals surface area contributed by atoms with Crippen LogP contribution >= 0.6 is 0 Å². The van der Waals surface area contributed by atoms with E-state index in [9.17, 15) is 0 Å². The lowest BCUT2D eigenvalue weighted by atomic mass is 10.0. The van der Waals surface area contributed by atoms with Crippen LogP contribution in [-0.2, 0) is 7.05 Å². The number of nitriles is 1. The first kappa shape index (κ1) is 12.5. The summed E-state index contributed by atoms with van der Waals surface area (Å²) in [5.41, 5.74) is 7.04. The van der Waals surface area contributed by atoms with Gasteiger partial charge in [0.25, 0.3) is 0 Å². The van der Waals surface area contributed by atoms with Gasteiger partial charge < -0.3 is 11.1 Å². The van der Waals surface area contributed by atoms with E-state index < -0.39 is 0 Å². The Balaban J connectivity index is 3.01. The van der Waals surface area contributed by atoms with Crippen molar-refractivity contribution in [3.05, 3.63) is 11.3 Å². The van der Waals surface area contributed by atoms with E-state index in [1.807, 2.05) is 14.0 Å². The first-order valence-electron chi connectivity index (χ1n) is 5.41. The summed E-state index contributed by atoms with van der Waals surface area (Å²) in [5.74, 6) is 1.16. The molecular formula is C11H19N5. The molecule has 0 aliphatic heterocycles. The van der Waals surface area contributed by atoms with Gasteiger partial charge in [0.15, 0.2) is 0 Å². The van der Waals surface area contributed by atoms with Crippen LogP contribution in [-0.4, -0.2) is 22.4 Å². The Labute approximate surface area is 96.2 Å². The Morgan fingerprint density at radius 3 is 2.62 bits per heavy atom. The van der Waals surface area contributed by atoms with Crippen molar-refractivity contribution >= 4 is 5.82 Å². The number of anilines is 1. The van der Waals surface area contributed by atoms with Gasteiger partial charge in [-0.05, 0) is 12.8 Å². The predicted octanol–water partition coefficient (Wildman–Crippen LogP) is 0.995. The molecule has 0 amide bonds. The summed E-state index contributed by atoms with van der Waals surface area (Å²) in [6.07, 6.45) is 0. The van der Waals surface area contributed by atoms with Crippen LogP contribution in [0, 0.1) is 24.2 Å². The molecule has 0 saturated carbocycles. The summed E-state index contributed by atoms with van der Waals surface area (Å²) in [4.78, 5) is 0. The first-order valence-corrected chi connectivity index (χ1v) is 5.41. The Bertz CT molecular complexity index is 399. The third-order valence-corrected chi connectivity index (χ3v) is 2.71. The zero-order chi connectivity index (χ0) is 12.3. The molecule has 1 heterocycles. The fraction of sp³-hybridized carbons (Fsp3) is 0.636. The van der Waals surface area contributed by atoms with Crippen molar-refractivity contribution in [2.75, 3.05) is 11.9 Å². The fourth-order valence-corrected chi connectivity index (χ4v) is 1.63. The summed E-state index contributed by atoms with van der Waals surface area (Å²) in [7, 11) is 1.82. The number of aryl methyl sites for hydroxylation is 2. The van der Waals surface area contributed by atoms with Gasteiger partial charge in [-0.1, -0.05) is 13.8 Å². The molecule has 0 aliphatic rings. The second-order valence-corrected chi connectivity index (χ2v) is 4.27. The average Bonchev–Trinajstić information content (AvgIpc) is 2.48. The summed E-state index contributed by atoms with van der Waals surface area (Å²) in [5, 5.41) is 16.6. The lowest BCUT2D eigenvalue weighted by Crippen LogP contribution is -2.34. The van der Waals surface area contributed by atoms with E-state index in [1.165, 1.54) is 0 Å². The molecule has 1 aromatic heterocycles. The molecule has 5 heteroatoms. The van der Waals surface area contributed by atoms with Crippen molar-refractivity contribution in [1.29, 1.82) is 5.26 Å². The van der Waals surface area contributed by atoms with Crippen LogP contribution in [0.4, 0.5) is 5.82 Å². The molecule has 0 aliphatic carbocycles. The summed E-state index contributed by atoms with van der Waals surface area (Å²) >= 11 is 0. The van der Waals surface area contributed by atoms with Crippen LogP contribution in [0.1, 0.15) is 25.1 Å². The molecule has 0 saturated heterocycles. The molecule has 0 bridgehead atoms. The van der Waals surface area contributed by atoms with Gasteiger partial charge in [0.2, 0.25) is 0 Å². The van der Waals surface area contributed by atoms with Gasteiger partial charge in [-0.25, -0.2) is 0 Å². The van der Waals surface area contributed by atoms with Gasteiger partial charge in [0.1, 0.15) is 17.5 Å². The van der Waals surface area contributed by atoms with Crippen LogP contribution in [0.3, 0.4) is 0 Å². The third-order valence-electron chi connectivity index (χ3n) is 2.71. The molecule has 1 atom stereocenters. The van der Waals surface area contributed by atoms with Gasteiger partial charge in [-0.2, -0.15) is 10.4 Å². The molecule has 16 heavy (non-hydrogen) atoms. The van der Waals surface area contributed by atoms with Crippen LogP contribution in [0.5, 0.6) is 0 Å². The highest BCUT2D eigenvalue weighted by Gasteiger charge is 2.18. The molecule has 1 rings (SSSR count).